The van der Waals surface area contributed by atoms with Crippen LogP contribution < -0.4 is 10.6 Å². The minimum absolute atomic E-state index is 0.00591. The molecule has 3 N–H and O–H groups in total. The predicted molar refractivity (Wildman–Crippen MR) is 83.2 cm³/mol. The lowest BCUT2D eigenvalue weighted by Gasteiger charge is -2.37. The molecule has 0 amide bonds. The monoisotopic (exact) mass is 295 g/mol. The van der Waals surface area contributed by atoms with Crippen molar-refractivity contribution in [1.29, 1.82) is 0 Å². The van der Waals surface area contributed by atoms with E-state index in [0.29, 0.717) is 18.1 Å². The Labute approximate surface area is 124 Å². The fraction of sp³-hybridized carbons (Fsp3) is 0.571. The second-order valence-electron chi connectivity index (χ2n) is 5.30. The molecule has 0 radical (unpaired) electrons. The van der Waals surface area contributed by atoms with Crippen molar-refractivity contribution < 1.29 is 9.84 Å². The van der Waals surface area contributed by atoms with Gasteiger partial charge in [0.05, 0.1) is 24.4 Å². The van der Waals surface area contributed by atoms with Gasteiger partial charge in [-0.05, 0) is 32.4 Å². The number of morpholine rings is 1. The molecule has 2 unspecified atom stereocenters. The van der Waals surface area contributed by atoms with E-state index in [0.717, 1.165) is 22.6 Å². The van der Waals surface area contributed by atoms with Gasteiger partial charge in [-0.3, -0.25) is 0 Å². The first-order chi connectivity index (χ1) is 9.42. The summed E-state index contributed by atoms with van der Waals surface area (Å²) in [6.45, 7) is 7.22. The van der Waals surface area contributed by atoms with E-state index in [1.54, 1.807) is 0 Å². The highest BCUT2D eigenvalue weighted by Gasteiger charge is 2.28. The van der Waals surface area contributed by atoms with Gasteiger partial charge < -0.3 is 20.5 Å². The molecule has 1 saturated heterocycles. The molecule has 1 aliphatic rings. The number of hydrogen-bond donors (Lipinski definition) is 2. The van der Waals surface area contributed by atoms with E-state index in [-0.39, 0.29) is 18.8 Å². The highest BCUT2D eigenvalue weighted by atomic mass is 32.1. The number of aromatic nitrogens is 1. The minimum atomic E-state index is -0.208. The van der Waals surface area contributed by atoms with Crippen LogP contribution in [0.3, 0.4) is 0 Å². The standard InChI is InChI=1S/C14H21N3O2S/c1-8-4-9(2)16-14(12(8)13(15)20)17-5-10(3)19-11(6-17)7-18/h4,10-11,18H,5-7H2,1-3H3,(H2,15,20). The van der Waals surface area contributed by atoms with Crippen LogP contribution in [-0.2, 0) is 4.74 Å². The second-order valence-corrected chi connectivity index (χ2v) is 5.74. The number of anilines is 1. The van der Waals surface area contributed by atoms with Crippen LogP contribution in [0.1, 0.15) is 23.7 Å². The average Bonchev–Trinajstić information content (AvgIpc) is 2.36. The maximum absolute atomic E-state index is 9.34. The van der Waals surface area contributed by atoms with E-state index >= 15 is 0 Å². The van der Waals surface area contributed by atoms with E-state index < -0.39 is 0 Å². The highest BCUT2D eigenvalue weighted by Crippen LogP contribution is 2.25. The molecule has 2 rings (SSSR count). The van der Waals surface area contributed by atoms with Crippen LogP contribution in [-0.4, -0.2) is 47.0 Å². The van der Waals surface area contributed by atoms with E-state index in [2.05, 4.69) is 9.88 Å². The summed E-state index contributed by atoms with van der Waals surface area (Å²) in [5.41, 5.74) is 8.63. The summed E-state index contributed by atoms with van der Waals surface area (Å²) in [5.74, 6) is 0.795. The maximum Gasteiger partial charge on any atom is 0.139 e. The van der Waals surface area contributed by atoms with Gasteiger partial charge >= 0.3 is 0 Å². The SMILES string of the molecule is Cc1cc(C)c(C(N)=S)c(N2CC(C)OC(CO)C2)n1. The molecule has 2 heterocycles. The van der Waals surface area contributed by atoms with E-state index in [4.69, 9.17) is 22.7 Å². The van der Waals surface area contributed by atoms with Crippen LogP contribution in [0.25, 0.3) is 0 Å². The number of thiocarbonyl (C=S) groups is 1. The Morgan fingerprint density at radius 2 is 2.25 bits per heavy atom. The lowest BCUT2D eigenvalue weighted by atomic mass is 10.1. The van der Waals surface area contributed by atoms with E-state index in [1.165, 1.54) is 0 Å². The van der Waals surface area contributed by atoms with Gasteiger partial charge in [0.2, 0.25) is 0 Å². The number of hydrogen-bond acceptors (Lipinski definition) is 5. The Hall–Kier alpha value is -1.24. The summed E-state index contributed by atoms with van der Waals surface area (Å²) in [7, 11) is 0. The molecule has 1 aromatic heterocycles. The third kappa shape index (κ3) is 3.08. The number of rotatable bonds is 3. The van der Waals surface area contributed by atoms with Crippen molar-refractivity contribution in [2.45, 2.75) is 33.0 Å². The summed E-state index contributed by atoms with van der Waals surface area (Å²) >= 11 is 5.17. The summed E-state index contributed by atoms with van der Waals surface area (Å²) in [4.78, 5) is 7.06. The van der Waals surface area contributed by atoms with Crippen LogP contribution >= 0.6 is 12.2 Å². The van der Waals surface area contributed by atoms with Gasteiger partial charge in [-0.25, -0.2) is 4.98 Å². The van der Waals surface area contributed by atoms with Gasteiger partial charge in [0, 0.05) is 18.8 Å². The molecule has 110 valence electrons. The second kappa shape index (κ2) is 6.03. The van der Waals surface area contributed by atoms with Crippen LogP contribution in [0.5, 0.6) is 0 Å². The highest BCUT2D eigenvalue weighted by molar-refractivity contribution is 7.80. The molecule has 20 heavy (non-hydrogen) atoms. The number of pyridine rings is 1. The molecule has 2 atom stereocenters. The van der Waals surface area contributed by atoms with Crippen molar-refractivity contribution in [2.75, 3.05) is 24.6 Å². The van der Waals surface area contributed by atoms with Crippen molar-refractivity contribution in [3.05, 3.63) is 22.9 Å². The smallest absolute Gasteiger partial charge is 0.139 e. The molecule has 0 saturated carbocycles. The normalized spacial score (nSPS) is 22.9. The summed E-state index contributed by atoms with van der Waals surface area (Å²) in [6, 6.07) is 1.98. The van der Waals surface area contributed by atoms with Crippen molar-refractivity contribution >= 4 is 23.0 Å². The first-order valence-electron chi connectivity index (χ1n) is 6.71. The van der Waals surface area contributed by atoms with Crippen LogP contribution in [0.15, 0.2) is 6.07 Å². The zero-order valence-electron chi connectivity index (χ0n) is 12.1. The zero-order valence-corrected chi connectivity index (χ0v) is 12.9. The number of aliphatic hydroxyl groups is 1. The molecule has 1 fully saturated rings. The van der Waals surface area contributed by atoms with Gasteiger partial charge in [-0.2, -0.15) is 0 Å². The summed E-state index contributed by atoms with van der Waals surface area (Å²) < 4.78 is 5.66. The Bertz CT molecular complexity index is 521. The van der Waals surface area contributed by atoms with Gasteiger partial charge in [0.15, 0.2) is 0 Å². The summed E-state index contributed by atoms with van der Waals surface area (Å²) in [5, 5.41) is 9.34. The van der Waals surface area contributed by atoms with Gasteiger partial charge in [-0.1, -0.05) is 12.2 Å². The number of nitrogens with two attached hydrogens (primary N) is 1. The van der Waals surface area contributed by atoms with Gasteiger partial charge in [0.25, 0.3) is 0 Å². The third-order valence-electron chi connectivity index (χ3n) is 3.40. The number of aryl methyl sites for hydroxylation is 2. The molecule has 1 aliphatic heterocycles. The molecule has 0 aromatic carbocycles. The van der Waals surface area contributed by atoms with Crippen molar-refractivity contribution in [3.63, 3.8) is 0 Å². The summed E-state index contributed by atoms with van der Waals surface area (Å²) in [6.07, 6.45) is -0.178. The fourth-order valence-electron chi connectivity index (χ4n) is 2.67. The van der Waals surface area contributed by atoms with E-state index in [9.17, 15) is 5.11 Å². The van der Waals surface area contributed by atoms with Crippen LogP contribution in [0, 0.1) is 13.8 Å². The number of ether oxygens (including phenoxy) is 1. The predicted octanol–water partition coefficient (Wildman–Crippen LogP) is 0.919. The number of nitrogens with zero attached hydrogens (tertiary/aromatic N) is 2. The quantitative estimate of drug-likeness (QED) is 0.808. The van der Waals surface area contributed by atoms with Crippen molar-refractivity contribution in [2.24, 2.45) is 5.73 Å². The Kier molecular flexibility index (Phi) is 4.57. The molecule has 0 bridgehead atoms. The molecule has 1 aromatic rings. The van der Waals surface area contributed by atoms with Gasteiger partial charge in [0.1, 0.15) is 10.8 Å². The van der Waals surface area contributed by atoms with Crippen LogP contribution in [0.4, 0.5) is 5.82 Å². The van der Waals surface area contributed by atoms with Crippen molar-refractivity contribution in [3.8, 4) is 0 Å². The largest absolute Gasteiger partial charge is 0.394 e. The Morgan fingerprint density at radius 3 is 2.85 bits per heavy atom. The Balaban J connectivity index is 2.43. The third-order valence-corrected chi connectivity index (χ3v) is 3.61. The van der Waals surface area contributed by atoms with E-state index in [1.807, 2.05) is 26.8 Å². The topological polar surface area (TPSA) is 71.6 Å². The molecular weight excluding hydrogens is 274 g/mol. The minimum Gasteiger partial charge on any atom is -0.394 e. The lowest BCUT2D eigenvalue weighted by molar-refractivity contribution is -0.0423. The lowest BCUT2D eigenvalue weighted by Crippen LogP contribution is -2.49. The molecule has 0 aliphatic carbocycles. The fourth-order valence-corrected chi connectivity index (χ4v) is 2.92. The van der Waals surface area contributed by atoms with Gasteiger partial charge in [-0.15, -0.1) is 0 Å². The number of aliphatic hydroxyl groups excluding tert-OH is 1. The average molecular weight is 295 g/mol. The first-order valence-corrected chi connectivity index (χ1v) is 7.12. The van der Waals surface area contributed by atoms with Crippen molar-refractivity contribution in [1.82, 2.24) is 4.98 Å². The molecule has 6 heteroatoms. The molecule has 0 spiro atoms. The Morgan fingerprint density at radius 1 is 1.55 bits per heavy atom. The molecular formula is C14H21N3O2S. The van der Waals surface area contributed by atoms with Crippen LogP contribution in [0.2, 0.25) is 0 Å². The molecule has 5 nitrogen and oxygen atoms in total. The maximum atomic E-state index is 9.34. The zero-order chi connectivity index (χ0) is 14.9. The first kappa shape index (κ1) is 15.2.